The highest BCUT2D eigenvalue weighted by Crippen LogP contribution is 2.19. The number of rotatable bonds is 4. The molecule has 0 bridgehead atoms. The van der Waals surface area contributed by atoms with Crippen molar-refractivity contribution in [2.24, 2.45) is 0 Å². The summed E-state index contributed by atoms with van der Waals surface area (Å²) in [4.78, 5) is 12.9. The average molecular weight is 226 g/mol. The fourth-order valence-electron chi connectivity index (χ4n) is 1.67. The molecule has 0 aliphatic heterocycles. The third-order valence-electron chi connectivity index (χ3n) is 2.78. The molecule has 17 heavy (non-hydrogen) atoms. The number of hydrogen-bond acceptors (Lipinski definition) is 4. The molecule has 0 amide bonds. The Morgan fingerprint density at radius 2 is 2.18 bits per heavy atom. The lowest BCUT2D eigenvalue weighted by atomic mass is 10.2. The van der Waals surface area contributed by atoms with Crippen LogP contribution in [-0.2, 0) is 6.54 Å². The van der Waals surface area contributed by atoms with Gasteiger partial charge in [0.05, 0.1) is 5.69 Å². The number of hydrogen-bond donors (Lipinski definition) is 1. The Morgan fingerprint density at radius 3 is 2.94 bits per heavy atom. The lowest BCUT2D eigenvalue weighted by Crippen LogP contribution is -2.16. The van der Waals surface area contributed by atoms with E-state index in [4.69, 9.17) is 0 Å². The summed E-state index contributed by atoms with van der Waals surface area (Å²) in [7, 11) is 0. The molecule has 1 aliphatic carbocycles. The molecular weight excluding hydrogens is 212 g/mol. The van der Waals surface area contributed by atoms with E-state index < -0.39 is 0 Å². The topological polar surface area (TPSA) is 50.7 Å². The fourth-order valence-corrected chi connectivity index (χ4v) is 1.67. The van der Waals surface area contributed by atoms with Crippen LogP contribution < -0.4 is 5.32 Å². The van der Waals surface area contributed by atoms with Gasteiger partial charge in [0.25, 0.3) is 0 Å². The van der Waals surface area contributed by atoms with Crippen molar-refractivity contribution in [3.63, 3.8) is 0 Å². The molecule has 1 aliphatic rings. The minimum absolute atomic E-state index is 0.701. The van der Waals surface area contributed by atoms with E-state index in [1.165, 1.54) is 12.8 Å². The number of nitrogens with one attached hydrogen (secondary N) is 1. The van der Waals surface area contributed by atoms with Crippen molar-refractivity contribution in [1.29, 1.82) is 0 Å². The highest BCUT2D eigenvalue weighted by molar-refractivity contribution is 5.52. The van der Waals surface area contributed by atoms with E-state index in [-0.39, 0.29) is 0 Å². The summed E-state index contributed by atoms with van der Waals surface area (Å²) in [6, 6.07) is 6.52. The van der Waals surface area contributed by atoms with E-state index in [0.29, 0.717) is 6.04 Å². The normalized spacial score (nSPS) is 14.8. The first-order valence-corrected chi connectivity index (χ1v) is 5.87. The molecule has 1 N–H and O–H groups in total. The molecule has 4 heteroatoms. The summed E-state index contributed by atoms with van der Waals surface area (Å²) >= 11 is 0. The summed E-state index contributed by atoms with van der Waals surface area (Å²) in [5.41, 5.74) is 1.99. The standard InChI is InChI=1S/C13H14N4/c1-2-10(8-14-6-1)13-15-7-5-12(17-13)9-16-11-3-4-11/h1-2,5-8,11,16H,3-4,9H2. The van der Waals surface area contributed by atoms with Gasteiger partial charge in [-0.05, 0) is 31.0 Å². The Kier molecular flexibility index (Phi) is 2.80. The first-order valence-electron chi connectivity index (χ1n) is 5.87. The molecule has 0 saturated heterocycles. The van der Waals surface area contributed by atoms with Gasteiger partial charge in [-0.15, -0.1) is 0 Å². The van der Waals surface area contributed by atoms with Crippen LogP contribution in [0.2, 0.25) is 0 Å². The van der Waals surface area contributed by atoms with Gasteiger partial charge >= 0.3 is 0 Å². The molecule has 4 nitrogen and oxygen atoms in total. The third kappa shape index (κ3) is 2.65. The SMILES string of the molecule is c1cncc(-c2nccc(CNC3CC3)n2)c1. The largest absolute Gasteiger partial charge is 0.308 e. The van der Waals surface area contributed by atoms with Crippen LogP contribution in [0.15, 0.2) is 36.8 Å². The van der Waals surface area contributed by atoms with E-state index in [0.717, 1.165) is 23.6 Å². The molecule has 0 radical (unpaired) electrons. The smallest absolute Gasteiger partial charge is 0.160 e. The highest BCUT2D eigenvalue weighted by atomic mass is 15.0. The molecule has 2 aromatic rings. The summed E-state index contributed by atoms with van der Waals surface area (Å²) in [5, 5.41) is 3.45. The van der Waals surface area contributed by atoms with Crippen molar-refractivity contribution >= 4 is 0 Å². The van der Waals surface area contributed by atoms with Crippen molar-refractivity contribution < 1.29 is 0 Å². The van der Waals surface area contributed by atoms with Crippen LogP contribution in [0, 0.1) is 0 Å². The van der Waals surface area contributed by atoms with E-state index in [1.807, 2.05) is 18.2 Å². The maximum absolute atomic E-state index is 4.53. The zero-order valence-corrected chi connectivity index (χ0v) is 9.50. The van der Waals surface area contributed by atoms with Gasteiger partial charge in [0, 0.05) is 36.7 Å². The van der Waals surface area contributed by atoms with Gasteiger partial charge in [-0.1, -0.05) is 0 Å². The molecular formula is C13H14N4. The lowest BCUT2D eigenvalue weighted by molar-refractivity contribution is 0.673. The van der Waals surface area contributed by atoms with Crippen LogP contribution in [0.1, 0.15) is 18.5 Å². The van der Waals surface area contributed by atoms with Crippen LogP contribution in [0.5, 0.6) is 0 Å². The van der Waals surface area contributed by atoms with Crippen LogP contribution in [-0.4, -0.2) is 21.0 Å². The molecule has 2 heterocycles. The predicted octanol–water partition coefficient (Wildman–Crippen LogP) is 1.79. The van der Waals surface area contributed by atoms with Crippen LogP contribution in [0.4, 0.5) is 0 Å². The van der Waals surface area contributed by atoms with Gasteiger partial charge in [0.1, 0.15) is 0 Å². The second kappa shape index (κ2) is 4.59. The van der Waals surface area contributed by atoms with E-state index in [2.05, 4.69) is 20.3 Å². The van der Waals surface area contributed by atoms with Crippen molar-refractivity contribution in [3.05, 3.63) is 42.5 Å². The molecule has 0 aromatic carbocycles. The van der Waals surface area contributed by atoms with E-state index in [9.17, 15) is 0 Å². The third-order valence-corrected chi connectivity index (χ3v) is 2.78. The Morgan fingerprint density at radius 1 is 1.24 bits per heavy atom. The molecule has 0 unspecified atom stereocenters. The molecule has 0 atom stereocenters. The molecule has 2 aromatic heterocycles. The Balaban J connectivity index is 1.78. The number of pyridine rings is 1. The van der Waals surface area contributed by atoms with Gasteiger partial charge in [-0.25, -0.2) is 9.97 Å². The zero-order chi connectivity index (χ0) is 11.5. The van der Waals surface area contributed by atoms with Crippen molar-refractivity contribution in [3.8, 4) is 11.4 Å². The molecule has 3 rings (SSSR count). The Bertz CT molecular complexity index is 494. The fraction of sp³-hybridized carbons (Fsp3) is 0.308. The van der Waals surface area contributed by atoms with Gasteiger partial charge in [0.2, 0.25) is 0 Å². The number of nitrogens with zero attached hydrogens (tertiary/aromatic N) is 3. The van der Waals surface area contributed by atoms with Crippen LogP contribution >= 0.6 is 0 Å². The summed E-state index contributed by atoms with van der Waals surface area (Å²) < 4.78 is 0. The summed E-state index contributed by atoms with van der Waals surface area (Å²) in [6.07, 6.45) is 7.93. The maximum atomic E-state index is 4.53. The molecule has 86 valence electrons. The van der Waals surface area contributed by atoms with Crippen molar-refractivity contribution in [1.82, 2.24) is 20.3 Å². The van der Waals surface area contributed by atoms with Crippen LogP contribution in [0.3, 0.4) is 0 Å². The zero-order valence-electron chi connectivity index (χ0n) is 9.50. The van der Waals surface area contributed by atoms with Gasteiger partial charge < -0.3 is 5.32 Å². The molecule has 0 spiro atoms. The summed E-state index contributed by atoms with van der Waals surface area (Å²) in [6.45, 7) is 0.820. The minimum Gasteiger partial charge on any atom is -0.308 e. The van der Waals surface area contributed by atoms with Crippen molar-refractivity contribution in [2.45, 2.75) is 25.4 Å². The second-order valence-electron chi connectivity index (χ2n) is 4.27. The second-order valence-corrected chi connectivity index (χ2v) is 4.27. The minimum atomic E-state index is 0.701. The van der Waals surface area contributed by atoms with E-state index in [1.54, 1.807) is 18.6 Å². The Hall–Kier alpha value is -1.81. The van der Waals surface area contributed by atoms with Gasteiger partial charge in [-0.2, -0.15) is 0 Å². The van der Waals surface area contributed by atoms with Gasteiger partial charge in [-0.3, -0.25) is 4.98 Å². The first kappa shape index (κ1) is 10.4. The predicted molar refractivity (Wildman–Crippen MR) is 65.1 cm³/mol. The average Bonchev–Trinajstić information content (AvgIpc) is 3.22. The van der Waals surface area contributed by atoms with Crippen LogP contribution in [0.25, 0.3) is 11.4 Å². The maximum Gasteiger partial charge on any atom is 0.160 e. The van der Waals surface area contributed by atoms with Crippen molar-refractivity contribution in [2.75, 3.05) is 0 Å². The first-order chi connectivity index (χ1) is 8.42. The Labute approximate surface area is 100 Å². The lowest BCUT2D eigenvalue weighted by Gasteiger charge is -2.04. The summed E-state index contributed by atoms with van der Waals surface area (Å²) in [5.74, 6) is 0.744. The highest BCUT2D eigenvalue weighted by Gasteiger charge is 2.20. The van der Waals surface area contributed by atoms with Gasteiger partial charge in [0.15, 0.2) is 5.82 Å². The number of aromatic nitrogens is 3. The monoisotopic (exact) mass is 226 g/mol. The molecule has 1 fully saturated rings. The molecule has 1 saturated carbocycles. The quantitative estimate of drug-likeness (QED) is 0.863. The van der Waals surface area contributed by atoms with E-state index >= 15 is 0 Å².